The molecular weight excluding hydrogens is 230 g/mol. The predicted octanol–water partition coefficient (Wildman–Crippen LogP) is 0.988. The molecule has 5 nitrogen and oxygen atoms in total. The summed E-state index contributed by atoms with van der Waals surface area (Å²) in [5.74, 6) is 0.636. The molecule has 2 rings (SSSR count). The number of hydrogen-bond acceptors (Lipinski definition) is 4. The van der Waals surface area contributed by atoms with E-state index in [-0.39, 0.29) is 11.9 Å². The molecule has 0 spiro atoms. The van der Waals surface area contributed by atoms with Gasteiger partial charge in [-0.2, -0.15) is 0 Å². The Hall–Kier alpha value is -1.75. The van der Waals surface area contributed by atoms with Crippen LogP contribution in [0.2, 0.25) is 0 Å². The average molecular weight is 249 g/mol. The molecule has 5 heteroatoms. The minimum atomic E-state index is -0.136. The zero-order valence-corrected chi connectivity index (χ0v) is 10.5. The quantitative estimate of drug-likeness (QED) is 0.321. The highest BCUT2D eigenvalue weighted by atomic mass is 16.4. The van der Waals surface area contributed by atoms with Crippen LogP contribution >= 0.6 is 0 Å². The number of nitrogens with two attached hydrogens (primary N) is 1. The lowest BCUT2D eigenvalue weighted by Gasteiger charge is -2.35. The van der Waals surface area contributed by atoms with E-state index in [1.54, 1.807) is 0 Å². The Morgan fingerprint density at radius 1 is 1.44 bits per heavy atom. The van der Waals surface area contributed by atoms with Crippen molar-refractivity contribution in [3.05, 3.63) is 29.8 Å². The lowest BCUT2D eigenvalue weighted by Crippen LogP contribution is -2.37. The van der Waals surface area contributed by atoms with Crippen LogP contribution in [0.15, 0.2) is 29.4 Å². The van der Waals surface area contributed by atoms with Crippen molar-refractivity contribution < 1.29 is 10.3 Å². The topological polar surface area (TPSA) is 82.1 Å². The first-order chi connectivity index (χ1) is 8.61. The average Bonchev–Trinajstić information content (AvgIpc) is 2.36. The molecule has 0 atom stereocenters. The maximum absolute atomic E-state index is 9.29. The Labute approximate surface area is 107 Å². The van der Waals surface area contributed by atoms with Gasteiger partial charge in [0, 0.05) is 24.8 Å². The van der Waals surface area contributed by atoms with Gasteiger partial charge in [0.25, 0.3) is 0 Å². The summed E-state index contributed by atoms with van der Waals surface area (Å²) >= 11 is 0. The van der Waals surface area contributed by atoms with Gasteiger partial charge >= 0.3 is 0 Å². The third-order valence-corrected chi connectivity index (χ3v) is 3.44. The Bertz CT molecular complexity index is 442. The standard InChI is InChI=1S/C13H19N3O2/c1-16(8-9-6-10(17)7-9)12-5-3-2-4-11(12)13(14)15-18/h2-5,9-10,17-18H,6-8H2,1H3,(H2,14,15). The number of oxime groups is 1. The third-order valence-electron chi connectivity index (χ3n) is 3.44. The van der Waals surface area contributed by atoms with Gasteiger partial charge in [-0.05, 0) is 30.9 Å². The number of aliphatic hydroxyl groups is 1. The lowest BCUT2D eigenvalue weighted by molar-refractivity contribution is 0.0465. The number of anilines is 1. The van der Waals surface area contributed by atoms with Crippen molar-refractivity contribution in [1.29, 1.82) is 0 Å². The van der Waals surface area contributed by atoms with Gasteiger partial charge in [-0.15, -0.1) is 0 Å². The second kappa shape index (κ2) is 5.27. The van der Waals surface area contributed by atoms with E-state index in [0.717, 1.165) is 30.6 Å². The van der Waals surface area contributed by atoms with Gasteiger partial charge in [0.1, 0.15) is 0 Å². The smallest absolute Gasteiger partial charge is 0.172 e. The molecule has 1 saturated carbocycles. The number of rotatable bonds is 4. The molecule has 0 bridgehead atoms. The minimum Gasteiger partial charge on any atom is -0.409 e. The molecule has 1 aromatic carbocycles. The summed E-state index contributed by atoms with van der Waals surface area (Å²) < 4.78 is 0. The first-order valence-corrected chi connectivity index (χ1v) is 6.08. The van der Waals surface area contributed by atoms with E-state index in [2.05, 4.69) is 10.1 Å². The Balaban J connectivity index is 2.12. The molecule has 1 aliphatic carbocycles. The first kappa shape index (κ1) is 12.7. The molecule has 0 saturated heterocycles. The van der Waals surface area contributed by atoms with Gasteiger partial charge in [0.05, 0.1) is 6.10 Å². The molecule has 0 unspecified atom stereocenters. The molecule has 1 fully saturated rings. The molecule has 18 heavy (non-hydrogen) atoms. The van der Waals surface area contributed by atoms with Gasteiger partial charge in [-0.1, -0.05) is 17.3 Å². The van der Waals surface area contributed by atoms with Gasteiger partial charge < -0.3 is 20.9 Å². The number of para-hydroxylation sites is 1. The fourth-order valence-corrected chi connectivity index (χ4v) is 2.41. The second-order valence-corrected chi connectivity index (χ2v) is 4.87. The van der Waals surface area contributed by atoms with E-state index in [1.807, 2.05) is 31.3 Å². The molecule has 1 aromatic rings. The van der Waals surface area contributed by atoms with Gasteiger partial charge in [-0.3, -0.25) is 0 Å². The highest BCUT2D eigenvalue weighted by Crippen LogP contribution is 2.29. The summed E-state index contributed by atoms with van der Waals surface area (Å²) in [6.45, 7) is 0.868. The van der Waals surface area contributed by atoms with Gasteiger partial charge in [-0.25, -0.2) is 0 Å². The normalized spacial score (nSPS) is 23.6. The third kappa shape index (κ3) is 2.56. The molecule has 0 aromatic heterocycles. The van der Waals surface area contributed by atoms with E-state index in [1.165, 1.54) is 0 Å². The fourth-order valence-electron chi connectivity index (χ4n) is 2.41. The molecular formula is C13H19N3O2. The summed E-state index contributed by atoms with van der Waals surface area (Å²) in [7, 11) is 1.98. The van der Waals surface area contributed by atoms with Crippen molar-refractivity contribution in [2.24, 2.45) is 16.8 Å². The zero-order valence-electron chi connectivity index (χ0n) is 10.5. The molecule has 1 aliphatic rings. The van der Waals surface area contributed by atoms with E-state index >= 15 is 0 Å². The van der Waals surface area contributed by atoms with Crippen molar-refractivity contribution >= 4 is 11.5 Å². The minimum absolute atomic E-state index is 0.117. The molecule has 0 amide bonds. The van der Waals surface area contributed by atoms with Gasteiger partial charge in [0.2, 0.25) is 0 Å². The van der Waals surface area contributed by atoms with Crippen LogP contribution < -0.4 is 10.6 Å². The van der Waals surface area contributed by atoms with E-state index in [9.17, 15) is 5.11 Å². The summed E-state index contributed by atoms with van der Waals surface area (Å²) in [5.41, 5.74) is 7.33. The largest absolute Gasteiger partial charge is 0.409 e. The summed E-state index contributed by atoms with van der Waals surface area (Å²) in [4.78, 5) is 2.09. The van der Waals surface area contributed by atoms with Crippen LogP contribution in [-0.4, -0.2) is 35.8 Å². The van der Waals surface area contributed by atoms with Crippen molar-refractivity contribution in [2.75, 3.05) is 18.5 Å². The monoisotopic (exact) mass is 249 g/mol. The molecule has 0 radical (unpaired) electrons. The lowest BCUT2D eigenvalue weighted by atomic mass is 9.82. The Kier molecular flexibility index (Phi) is 3.72. The van der Waals surface area contributed by atoms with Crippen LogP contribution in [0.4, 0.5) is 5.69 Å². The zero-order chi connectivity index (χ0) is 13.1. The summed E-state index contributed by atoms with van der Waals surface area (Å²) in [6, 6.07) is 7.56. The summed E-state index contributed by atoms with van der Waals surface area (Å²) in [5, 5.41) is 21.1. The molecule has 4 N–H and O–H groups in total. The number of nitrogens with zero attached hydrogens (tertiary/aromatic N) is 2. The van der Waals surface area contributed by atoms with Crippen LogP contribution in [0, 0.1) is 5.92 Å². The highest BCUT2D eigenvalue weighted by Gasteiger charge is 2.28. The van der Waals surface area contributed by atoms with E-state index in [4.69, 9.17) is 10.9 Å². The number of amidine groups is 1. The van der Waals surface area contributed by atoms with Crippen LogP contribution in [-0.2, 0) is 0 Å². The van der Waals surface area contributed by atoms with Crippen molar-refractivity contribution in [1.82, 2.24) is 0 Å². The SMILES string of the molecule is CN(CC1CC(O)C1)c1ccccc1C(N)=NO. The predicted molar refractivity (Wildman–Crippen MR) is 71.0 cm³/mol. The van der Waals surface area contributed by atoms with Crippen molar-refractivity contribution in [3.63, 3.8) is 0 Å². The Morgan fingerprint density at radius 2 is 2.11 bits per heavy atom. The second-order valence-electron chi connectivity index (χ2n) is 4.87. The van der Waals surface area contributed by atoms with Crippen LogP contribution in [0.5, 0.6) is 0 Å². The van der Waals surface area contributed by atoms with Crippen molar-refractivity contribution in [3.8, 4) is 0 Å². The first-order valence-electron chi connectivity index (χ1n) is 6.08. The fraction of sp³-hybridized carbons (Fsp3) is 0.462. The maximum Gasteiger partial charge on any atom is 0.172 e. The number of hydrogen-bond donors (Lipinski definition) is 3. The molecule has 98 valence electrons. The van der Waals surface area contributed by atoms with Crippen LogP contribution in [0.1, 0.15) is 18.4 Å². The summed E-state index contributed by atoms with van der Waals surface area (Å²) in [6.07, 6.45) is 1.58. The van der Waals surface area contributed by atoms with E-state index in [0.29, 0.717) is 5.92 Å². The van der Waals surface area contributed by atoms with Crippen LogP contribution in [0.3, 0.4) is 0 Å². The molecule has 0 aliphatic heterocycles. The maximum atomic E-state index is 9.29. The van der Waals surface area contributed by atoms with Crippen LogP contribution in [0.25, 0.3) is 0 Å². The highest BCUT2D eigenvalue weighted by molar-refractivity contribution is 6.02. The Morgan fingerprint density at radius 3 is 2.72 bits per heavy atom. The number of aliphatic hydroxyl groups excluding tert-OH is 1. The molecule has 0 heterocycles. The number of benzene rings is 1. The van der Waals surface area contributed by atoms with E-state index < -0.39 is 0 Å². The van der Waals surface area contributed by atoms with Gasteiger partial charge in [0.15, 0.2) is 5.84 Å². The van der Waals surface area contributed by atoms with Crippen molar-refractivity contribution in [2.45, 2.75) is 18.9 Å².